The number of ether oxygens (including phenoxy) is 2. The summed E-state index contributed by atoms with van der Waals surface area (Å²) in [6, 6.07) is 8.43. The minimum Gasteiger partial charge on any atom is -0.382 e. The van der Waals surface area contributed by atoms with Crippen LogP contribution >= 0.6 is 15.9 Å². The normalized spacial score (nSPS) is 11.2. The number of hydrogen-bond donors (Lipinski definition) is 0. The van der Waals surface area contributed by atoms with Gasteiger partial charge in [0, 0.05) is 41.8 Å². The van der Waals surface area contributed by atoms with Crippen LogP contribution in [0.4, 0.5) is 0 Å². The highest BCUT2D eigenvalue weighted by Crippen LogP contribution is 2.24. The number of nitrogens with zero attached hydrogens (tertiary/aromatic N) is 1. The number of aromatic nitrogens is 1. The number of hydrogen-bond acceptors (Lipinski definition) is 2. The summed E-state index contributed by atoms with van der Waals surface area (Å²) in [6.07, 6.45) is 3.14. The van der Waals surface area contributed by atoms with Gasteiger partial charge in [0.2, 0.25) is 0 Å². The molecule has 0 amide bonds. The molecule has 0 fully saturated rings. The van der Waals surface area contributed by atoms with Gasteiger partial charge in [0.25, 0.3) is 0 Å². The summed E-state index contributed by atoms with van der Waals surface area (Å²) in [6.45, 7) is 3.10. The van der Waals surface area contributed by atoms with E-state index in [1.807, 2.05) is 0 Å². The summed E-state index contributed by atoms with van der Waals surface area (Å²) in [5.74, 6) is 0. The van der Waals surface area contributed by atoms with Crippen molar-refractivity contribution in [2.45, 2.75) is 13.0 Å². The van der Waals surface area contributed by atoms with E-state index in [4.69, 9.17) is 9.47 Å². The van der Waals surface area contributed by atoms with Gasteiger partial charge in [-0.15, -0.1) is 0 Å². The lowest BCUT2D eigenvalue weighted by Crippen LogP contribution is -2.05. The first-order valence-electron chi connectivity index (χ1n) is 6.13. The van der Waals surface area contributed by atoms with E-state index in [0.717, 1.165) is 24.0 Å². The van der Waals surface area contributed by atoms with Gasteiger partial charge in [0.15, 0.2) is 0 Å². The van der Waals surface area contributed by atoms with Crippen molar-refractivity contribution in [2.24, 2.45) is 0 Å². The molecule has 1 aromatic heterocycles. The van der Waals surface area contributed by atoms with Crippen molar-refractivity contribution in [3.8, 4) is 0 Å². The summed E-state index contributed by atoms with van der Waals surface area (Å²) in [5.41, 5.74) is 1.27. The van der Waals surface area contributed by atoms with Gasteiger partial charge in [-0.05, 0) is 24.6 Å². The van der Waals surface area contributed by atoms with Crippen LogP contribution in [0.25, 0.3) is 10.9 Å². The van der Waals surface area contributed by atoms with E-state index < -0.39 is 0 Å². The van der Waals surface area contributed by atoms with E-state index in [-0.39, 0.29) is 0 Å². The highest BCUT2D eigenvalue weighted by molar-refractivity contribution is 9.10. The van der Waals surface area contributed by atoms with Gasteiger partial charge in [0.1, 0.15) is 0 Å². The molecule has 0 bridgehead atoms. The van der Waals surface area contributed by atoms with Gasteiger partial charge in [-0.1, -0.05) is 22.0 Å². The second-order valence-electron chi connectivity index (χ2n) is 4.14. The van der Waals surface area contributed by atoms with Crippen LogP contribution < -0.4 is 0 Å². The molecule has 2 rings (SSSR count). The third kappa shape index (κ3) is 3.34. The SMILES string of the molecule is COCCOCCCn1ccc2c(Br)cccc21. The lowest BCUT2D eigenvalue weighted by Gasteiger charge is -2.06. The van der Waals surface area contributed by atoms with Crippen molar-refractivity contribution in [3.05, 3.63) is 34.9 Å². The van der Waals surface area contributed by atoms with Crippen LogP contribution in [-0.2, 0) is 16.0 Å². The maximum absolute atomic E-state index is 5.46. The summed E-state index contributed by atoms with van der Waals surface area (Å²) in [4.78, 5) is 0. The molecule has 1 heterocycles. The third-order valence-corrected chi connectivity index (χ3v) is 3.57. The first-order chi connectivity index (χ1) is 8.83. The minimum absolute atomic E-state index is 0.666. The van der Waals surface area contributed by atoms with Crippen molar-refractivity contribution in [3.63, 3.8) is 0 Å². The van der Waals surface area contributed by atoms with E-state index in [0.29, 0.717) is 13.2 Å². The smallest absolute Gasteiger partial charge is 0.0700 e. The fourth-order valence-electron chi connectivity index (χ4n) is 1.96. The van der Waals surface area contributed by atoms with Gasteiger partial charge in [-0.25, -0.2) is 0 Å². The Morgan fingerprint density at radius 3 is 2.89 bits per heavy atom. The number of fused-ring (bicyclic) bond motifs is 1. The van der Waals surface area contributed by atoms with Gasteiger partial charge in [0.05, 0.1) is 13.2 Å². The molecule has 0 spiro atoms. The van der Waals surface area contributed by atoms with Crippen LogP contribution in [0.2, 0.25) is 0 Å². The van der Waals surface area contributed by atoms with Crippen LogP contribution in [-0.4, -0.2) is 31.5 Å². The standard InChI is InChI=1S/C14H18BrNO2/c1-17-10-11-18-9-3-7-16-8-6-12-13(15)4-2-5-14(12)16/h2,4-6,8H,3,7,9-11H2,1H3. The number of halogens is 1. The molecule has 18 heavy (non-hydrogen) atoms. The quantitative estimate of drug-likeness (QED) is 0.731. The Kier molecular flexibility index (Phi) is 5.23. The predicted molar refractivity (Wildman–Crippen MR) is 77.0 cm³/mol. The molecular formula is C14H18BrNO2. The zero-order valence-electron chi connectivity index (χ0n) is 10.6. The first-order valence-corrected chi connectivity index (χ1v) is 6.92. The Morgan fingerprint density at radius 1 is 1.17 bits per heavy atom. The van der Waals surface area contributed by atoms with Crippen LogP contribution in [0.3, 0.4) is 0 Å². The van der Waals surface area contributed by atoms with E-state index in [1.54, 1.807) is 7.11 Å². The van der Waals surface area contributed by atoms with Crippen molar-refractivity contribution in [2.75, 3.05) is 26.9 Å². The number of methoxy groups -OCH3 is 1. The molecule has 0 saturated carbocycles. The number of aryl methyl sites for hydroxylation is 1. The molecule has 0 aliphatic heterocycles. The van der Waals surface area contributed by atoms with E-state index >= 15 is 0 Å². The zero-order valence-corrected chi connectivity index (χ0v) is 12.1. The monoisotopic (exact) mass is 311 g/mol. The maximum Gasteiger partial charge on any atom is 0.0700 e. The van der Waals surface area contributed by atoms with Crippen molar-refractivity contribution in [1.82, 2.24) is 4.57 Å². The van der Waals surface area contributed by atoms with Crippen molar-refractivity contribution < 1.29 is 9.47 Å². The van der Waals surface area contributed by atoms with Gasteiger partial charge >= 0.3 is 0 Å². The molecule has 0 aliphatic rings. The highest BCUT2D eigenvalue weighted by Gasteiger charge is 2.03. The Labute approximate surface area is 116 Å². The molecule has 0 saturated heterocycles. The van der Waals surface area contributed by atoms with Crippen LogP contribution in [0.15, 0.2) is 34.9 Å². The lowest BCUT2D eigenvalue weighted by molar-refractivity contribution is 0.0681. The summed E-state index contributed by atoms with van der Waals surface area (Å²) < 4.78 is 13.8. The van der Waals surface area contributed by atoms with Crippen LogP contribution in [0, 0.1) is 0 Å². The summed E-state index contributed by atoms with van der Waals surface area (Å²) >= 11 is 3.57. The lowest BCUT2D eigenvalue weighted by atomic mass is 10.2. The third-order valence-electron chi connectivity index (χ3n) is 2.88. The molecular weight excluding hydrogens is 294 g/mol. The Morgan fingerprint density at radius 2 is 2.06 bits per heavy atom. The molecule has 98 valence electrons. The average molecular weight is 312 g/mol. The second kappa shape index (κ2) is 6.92. The fraction of sp³-hybridized carbons (Fsp3) is 0.429. The van der Waals surface area contributed by atoms with Crippen LogP contribution in [0.1, 0.15) is 6.42 Å². The van der Waals surface area contributed by atoms with Crippen molar-refractivity contribution in [1.29, 1.82) is 0 Å². The molecule has 0 N–H and O–H groups in total. The predicted octanol–water partition coefficient (Wildman–Crippen LogP) is 3.46. The Bertz CT molecular complexity index is 495. The average Bonchev–Trinajstić information content (AvgIpc) is 2.79. The highest BCUT2D eigenvalue weighted by atomic mass is 79.9. The molecule has 3 nitrogen and oxygen atoms in total. The fourth-order valence-corrected chi connectivity index (χ4v) is 2.45. The molecule has 0 radical (unpaired) electrons. The Hall–Kier alpha value is -0.840. The van der Waals surface area contributed by atoms with E-state index in [2.05, 4.69) is 51.0 Å². The second-order valence-corrected chi connectivity index (χ2v) is 4.99. The van der Waals surface area contributed by atoms with E-state index in [1.165, 1.54) is 10.9 Å². The first kappa shape index (κ1) is 13.6. The maximum atomic E-state index is 5.46. The molecule has 0 unspecified atom stereocenters. The minimum atomic E-state index is 0.666. The molecule has 4 heteroatoms. The summed E-state index contributed by atoms with van der Waals surface area (Å²) in [7, 11) is 1.69. The number of benzene rings is 1. The van der Waals surface area contributed by atoms with E-state index in [9.17, 15) is 0 Å². The van der Waals surface area contributed by atoms with Gasteiger partial charge in [-0.2, -0.15) is 0 Å². The zero-order chi connectivity index (χ0) is 12.8. The topological polar surface area (TPSA) is 23.4 Å². The van der Waals surface area contributed by atoms with Crippen LogP contribution in [0.5, 0.6) is 0 Å². The molecule has 0 aliphatic carbocycles. The molecule has 2 aromatic rings. The van der Waals surface area contributed by atoms with Gasteiger partial charge < -0.3 is 14.0 Å². The molecule has 0 atom stereocenters. The number of rotatable bonds is 7. The summed E-state index contributed by atoms with van der Waals surface area (Å²) in [5, 5.41) is 1.26. The van der Waals surface area contributed by atoms with Gasteiger partial charge in [-0.3, -0.25) is 0 Å². The Balaban J connectivity index is 1.86. The molecule has 1 aromatic carbocycles. The van der Waals surface area contributed by atoms with Crippen molar-refractivity contribution >= 4 is 26.8 Å². The largest absolute Gasteiger partial charge is 0.382 e.